The molecule has 0 aliphatic heterocycles. The second-order valence-electron chi connectivity index (χ2n) is 7.74. The molecular formula is C26H27N3O2. The molecule has 3 rings (SSSR count). The van der Waals surface area contributed by atoms with Gasteiger partial charge in [0.25, 0.3) is 11.8 Å². The molecule has 0 saturated heterocycles. The average Bonchev–Trinajstić information content (AvgIpc) is 2.78. The van der Waals surface area contributed by atoms with Crippen molar-refractivity contribution in [3.05, 3.63) is 107 Å². The van der Waals surface area contributed by atoms with Gasteiger partial charge in [0.1, 0.15) is 5.70 Å². The number of hydrogen-bond acceptors (Lipinski definition) is 3. The highest BCUT2D eigenvalue weighted by Crippen LogP contribution is 2.16. The maximum atomic E-state index is 12.9. The Morgan fingerprint density at radius 1 is 0.935 bits per heavy atom. The molecule has 3 aromatic rings. The molecule has 0 unspecified atom stereocenters. The van der Waals surface area contributed by atoms with E-state index in [1.807, 2.05) is 55.5 Å². The molecule has 2 N–H and O–H groups in total. The van der Waals surface area contributed by atoms with E-state index in [-0.39, 0.29) is 17.5 Å². The summed E-state index contributed by atoms with van der Waals surface area (Å²) in [6.45, 7) is 6.56. The average molecular weight is 414 g/mol. The molecule has 1 heterocycles. The summed E-state index contributed by atoms with van der Waals surface area (Å²) in [5, 5.41) is 5.64. The molecule has 5 heteroatoms. The van der Waals surface area contributed by atoms with Crippen LogP contribution in [0.1, 0.15) is 52.4 Å². The molecule has 5 nitrogen and oxygen atoms in total. The zero-order chi connectivity index (χ0) is 22.2. The molecule has 31 heavy (non-hydrogen) atoms. The van der Waals surface area contributed by atoms with Crippen LogP contribution in [-0.4, -0.2) is 16.8 Å². The molecule has 1 aromatic heterocycles. The summed E-state index contributed by atoms with van der Waals surface area (Å²) < 4.78 is 0. The van der Waals surface area contributed by atoms with E-state index in [0.717, 1.165) is 16.7 Å². The number of nitrogens with one attached hydrogen (secondary N) is 2. The van der Waals surface area contributed by atoms with Gasteiger partial charge < -0.3 is 10.6 Å². The van der Waals surface area contributed by atoms with Crippen LogP contribution in [0, 0.1) is 6.92 Å². The molecule has 0 aliphatic carbocycles. The second-order valence-corrected chi connectivity index (χ2v) is 7.74. The van der Waals surface area contributed by atoms with E-state index in [1.165, 1.54) is 5.56 Å². The Bertz CT molecular complexity index is 1050. The van der Waals surface area contributed by atoms with E-state index >= 15 is 0 Å². The first-order valence-corrected chi connectivity index (χ1v) is 10.3. The summed E-state index contributed by atoms with van der Waals surface area (Å²) in [5.41, 5.74) is 4.72. The number of nitrogens with zero attached hydrogens (tertiary/aromatic N) is 1. The Kier molecular flexibility index (Phi) is 7.33. The minimum atomic E-state index is -0.356. The molecule has 0 spiro atoms. The summed E-state index contributed by atoms with van der Waals surface area (Å²) in [6, 6.07) is 18.9. The van der Waals surface area contributed by atoms with Crippen LogP contribution in [0.4, 0.5) is 0 Å². The quantitative estimate of drug-likeness (QED) is 0.556. The fraction of sp³-hybridized carbons (Fsp3) is 0.192. The third-order valence-electron chi connectivity index (χ3n) is 4.92. The summed E-state index contributed by atoms with van der Waals surface area (Å²) >= 11 is 0. The fourth-order valence-electron chi connectivity index (χ4n) is 2.98. The van der Waals surface area contributed by atoms with Crippen molar-refractivity contribution in [3.63, 3.8) is 0 Å². The van der Waals surface area contributed by atoms with E-state index in [9.17, 15) is 9.59 Å². The van der Waals surface area contributed by atoms with Gasteiger partial charge in [0.15, 0.2) is 0 Å². The summed E-state index contributed by atoms with van der Waals surface area (Å²) in [6.07, 6.45) is 5.04. The minimum absolute atomic E-state index is 0.192. The molecule has 0 bridgehead atoms. The molecule has 2 amide bonds. The lowest BCUT2D eigenvalue weighted by atomic mass is 10.0. The van der Waals surface area contributed by atoms with E-state index in [4.69, 9.17) is 0 Å². The molecule has 158 valence electrons. The van der Waals surface area contributed by atoms with Gasteiger partial charge >= 0.3 is 0 Å². The fourth-order valence-corrected chi connectivity index (χ4v) is 2.98. The highest BCUT2D eigenvalue weighted by atomic mass is 16.2. The summed E-state index contributed by atoms with van der Waals surface area (Å²) in [7, 11) is 0. The number of rotatable bonds is 7. The number of carbonyl (C=O) groups is 2. The van der Waals surface area contributed by atoms with E-state index in [1.54, 1.807) is 30.6 Å². The van der Waals surface area contributed by atoms with Gasteiger partial charge in [-0.25, -0.2) is 0 Å². The van der Waals surface area contributed by atoms with Crippen molar-refractivity contribution < 1.29 is 9.59 Å². The molecule has 0 radical (unpaired) electrons. The van der Waals surface area contributed by atoms with Crippen molar-refractivity contribution in [2.75, 3.05) is 0 Å². The molecular weight excluding hydrogens is 386 g/mol. The lowest BCUT2D eigenvalue weighted by Crippen LogP contribution is -2.34. The highest BCUT2D eigenvalue weighted by molar-refractivity contribution is 6.05. The Hall–Kier alpha value is -3.73. The number of amides is 2. The Labute approximate surface area is 183 Å². The smallest absolute Gasteiger partial charge is 0.268 e. The van der Waals surface area contributed by atoms with Crippen molar-refractivity contribution in [1.82, 2.24) is 15.6 Å². The number of carbonyl (C=O) groups excluding carboxylic acids is 2. The van der Waals surface area contributed by atoms with Crippen LogP contribution in [0.15, 0.2) is 78.8 Å². The van der Waals surface area contributed by atoms with Crippen molar-refractivity contribution in [2.24, 2.45) is 0 Å². The predicted molar refractivity (Wildman–Crippen MR) is 123 cm³/mol. The van der Waals surface area contributed by atoms with Gasteiger partial charge in [0.05, 0.1) is 0 Å². The lowest BCUT2D eigenvalue weighted by Gasteiger charge is -2.12. The molecule has 0 fully saturated rings. The highest BCUT2D eigenvalue weighted by Gasteiger charge is 2.15. The zero-order valence-electron chi connectivity index (χ0n) is 18.1. The molecule has 2 aromatic carbocycles. The predicted octanol–water partition coefficient (Wildman–Crippen LogP) is 4.60. The summed E-state index contributed by atoms with van der Waals surface area (Å²) in [4.78, 5) is 29.6. The third kappa shape index (κ3) is 6.37. The Morgan fingerprint density at radius 3 is 2.19 bits per heavy atom. The normalized spacial score (nSPS) is 11.3. The molecule has 0 atom stereocenters. The second kappa shape index (κ2) is 10.3. The van der Waals surface area contributed by atoms with Crippen LogP contribution >= 0.6 is 0 Å². The zero-order valence-corrected chi connectivity index (χ0v) is 18.1. The van der Waals surface area contributed by atoms with Crippen LogP contribution in [-0.2, 0) is 11.3 Å². The first-order valence-electron chi connectivity index (χ1n) is 10.3. The Balaban J connectivity index is 1.82. The SMILES string of the molecule is Cc1ccc(C(=O)N/C(=C\c2ccc(C(C)C)cc2)C(=O)NCc2ccncc2)cc1. The number of pyridine rings is 1. The van der Waals surface area contributed by atoms with Gasteiger partial charge in [-0.1, -0.05) is 55.8 Å². The first kappa shape index (κ1) is 22.0. The van der Waals surface area contributed by atoms with Crippen molar-refractivity contribution >= 4 is 17.9 Å². The number of aryl methyl sites for hydroxylation is 1. The van der Waals surface area contributed by atoms with E-state index in [2.05, 4.69) is 29.5 Å². The largest absolute Gasteiger partial charge is 0.347 e. The first-order chi connectivity index (χ1) is 14.9. The topological polar surface area (TPSA) is 71.1 Å². The van der Waals surface area contributed by atoms with Gasteiger partial charge in [-0.3, -0.25) is 14.6 Å². The standard InChI is InChI=1S/C26H27N3O2/c1-18(2)22-10-6-20(7-11-22)16-24(26(31)28-17-21-12-14-27-15-13-21)29-25(30)23-8-4-19(3)5-9-23/h4-16,18H,17H2,1-3H3,(H,28,31)(H,29,30)/b24-16-. The molecule has 0 aliphatic rings. The van der Waals surface area contributed by atoms with Crippen LogP contribution in [0.2, 0.25) is 0 Å². The number of benzene rings is 2. The van der Waals surface area contributed by atoms with Gasteiger partial charge in [0, 0.05) is 24.5 Å². The maximum Gasteiger partial charge on any atom is 0.268 e. The number of hydrogen-bond donors (Lipinski definition) is 2. The minimum Gasteiger partial charge on any atom is -0.347 e. The van der Waals surface area contributed by atoms with Crippen molar-refractivity contribution in [2.45, 2.75) is 33.2 Å². The van der Waals surface area contributed by atoms with E-state index in [0.29, 0.717) is 18.0 Å². The van der Waals surface area contributed by atoms with Crippen molar-refractivity contribution in [1.29, 1.82) is 0 Å². The van der Waals surface area contributed by atoms with Crippen LogP contribution < -0.4 is 10.6 Å². The summed E-state index contributed by atoms with van der Waals surface area (Å²) in [5.74, 6) is -0.267. The maximum absolute atomic E-state index is 12.9. The van der Waals surface area contributed by atoms with Crippen LogP contribution in [0.5, 0.6) is 0 Å². The van der Waals surface area contributed by atoms with Gasteiger partial charge in [-0.2, -0.15) is 0 Å². The van der Waals surface area contributed by atoms with Crippen molar-refractivity contribution in [3.8, 4) is 0 Å². The third-order valence-corrected chi connectivity index (χ3v) is 4.92. The Morgan fingerprint density at radius 2 is 1.58 bits per heavy atom. The van der Waals surface area contributed by atoms with E-state index < -0.39 is 0 Å². The lowest BCUT2D eigenvalue weighted by molar-refractivity contribution is -0.117. The molecule has 0 saturated carbocycles. The van der Waals surface area contributed by atoms with Gasteiger partial charge in [-0.05, 0) is 59.9 Å². The van der Waals surface area contributed by atoms with Crippen LogP contribution in [0.3, 0.4) is 0 Å². The van der Waals surface area contributed by atoms with Crippen LogP contribution in [0.25, 0.3) is 6.08 Å². The van der Waals surface area contributed by atoms with Gasteiger partial charge in [0.2, 0.25) is 0 Å². The monoisotopic (exact) mass is 413 g/mol. The van der Waals surface area contributed by atoms with Gasteiger partial charge in [-0.15, -0.1) is 0 Å². The number of aromatic nitrogens is 1.